The highest BCUT2D eigenvalue weighted by atomic mass is 19.1. The molecule has 2 heterocycles. The molecule has 1 N–H and O–H groups in total. The molecule has 0 spiro atoms. The van der Waals surface area contributed by atoms with Gasteiger partial charge in [0.2, 0.25) is 5.88 Å². The fourth-order valence-corrected chi connectivity index (χ4v) is 2.98. The van der Waals surface area contributed by atoms with Crippen LogP contribution in [0.1, 0.15) is 21.7 Å². The van der Waals surface area contributed by atoms with Gasteiger partial charge >= 0.3 is 0 Å². The zero-order valence-corrected chi connectivity index (χ0v) is 16.6. The summed E-state index contributed by atoms with van der Waals surface area (Å²) in [4.78, 5) is 12.2. The van der Waals surface area contributed by atoms with Gasteiger partial charge in [-0.15, -0.1) is 10.2 Å². The van der Waals surface area contributed by atoms with Crippen LogP contribution in [-0.2, 0) is 0 Å². The summed E-state index contributed by atoms with van der Waals surface area (Å²) in [7, 11) is 0. The molecule has 0 bridgehead atoms. The molecule has 2 aromatic carbocycles. The Morgan fingerprint density at radius 1 is 0.968 bits per heavy atom. The molecule has 0 fully saturated rings. The largest absolute Gasteiger partial charge is 0.438 e. The molecule has 0 atom stereocenters. The van der Waals surface area contributed by atoms with E-state index in [9.17, 15) is 13.6 Å². The highest BCUT2D eigenvalue weighted by Gasteiger charge is 2.17. The Hall–Kier alpha value is -4.14. The maximum atomic E-state index is 13.7. The summed E-state index contributed by atoms with van der Waals surface area (Å²) in [6.45, 7) is 3.82. The van der Waals surface area contributed by atoms with Gasteiger partial charge in [-0.25, -0.2) is 13.5 Å². The molecule has 7 nitrogen and oxygen atoms in total. The summed E-state index contributed by atoms with van der Waals surface area (Å²) < 4.78 is 34.8. The Kier molecular flexibility index (Phi) is 5.40. The molecule has 1 amide bonds. The molecule has 0 aliphatic rings. The number of aromatic nitrogens is 4. The van der Waals surface area contributed by atoms with E-state index in [1.807, 2.05) is 19.9 Å². The number of halogens is 2. The van der Waals surface area contributed by atoms with Crippen LogP contribution in [-0.4, -0.2) is 25.9 Å². The van der Waals surface area contributed by atoms with Crippen molar-refractivity contribution in [2.45, 2.75) is 13.8 Å². The molecule has 4 aromatic rings. The fourth-order valence-electron chi connectivity index (χ4n) is 2.98. The van der Waals surface area contributed by atoms with Crippen molar-refractivity contribution >= 4 is 11.6 Å². The van der Waals surface area contributed by atoms with Crippen molar-refractivity contribution in [2.24, 2.45) is 0 Å². The van der Waals surface area contributed by atoms with E-state index in [4.69, 9.17) is 4.74 Å². The van der Waals surface area contributed by atoms with Crippen molar-refractivity contribution in [2.75, 3.05) is 5.32 Å². The Morgan fingerprint density at radius 2 is 1.68 bits per heavy atom. The van der Waals surface area contributed by atoms with Gasteiger partial charge in [0.1, 0.15) is 22.9 Å². The minimum Gasteiger partial charge on any atom is -0.438 e. The maximum absolute atomic E-state index is 13.7. The lowest BCUT2D eigenvalue weighted by molar-refractivity contribution is 0.101. The van der Waals surface area contributed by atoms with Gasteiger partial charge in [0, 0.05) is 17.4 Å². The van der Waals surface area contributed by atoms with E-state index in [2.05, 4.69) is 20.6 Å². The Labute approximate surface area is 176 Å². The van der Waals surface area contributed by atoms with Gasteiger partial charge in [-0.1, -0.05) is 6.07 Å². The molecule has 0 radical (unpaired) electrons. The highest BCUT2D eigenvalue weighted by molar-refractivity contribution is 6.04. The quantitative estimate of drug-likeness (QED) is 0.509. The zero-order chi connectivity index (χ0) is 22.0. The molecule has 4 rings (SSSR count). The van der Waals surface area contributed by atoms with Crippen LogP contribution >= 0.6 is 0 Å². The molecular weight excluding hydrogens is 404 g/mol. The average Bonchev–Trinajstić information content (AvgIpc) is 3.08. The molecule has 0 aliphatic carbocycles. The molecule has 0 saturated heterocycles. The van der Waals surface area contributed by atoms with E-state index in [1.54, 1.807) is 41.1 Å². The second-order valence-corrected chi connectivity index (χ2v) is 6.75. The molecule has 0 unspecified atom stereocenters. The van der Waals surface area contributed by atoms with Crippen molar-refractivity contribution in [3.8, 4) is 17.4 Å². The third kappa shape index (κ3) is 4.40. The summed E-state index contributed by atoms with van der Waals surface area (Å²) >= 11 is 0. The smallest absolute Gasteiger partial charge is 0.261 e. The number of amides is 1. The normalized spacial score (nSPS) is 10.7. The van der Waals surface area contributed by atoms with Gasteiger partial charge in [-0.05, 0) is 62.4 Å². The number of ether oxygens (including phenoxy) is 1. The fraction of sp³-hybridized carbons (Fsp3) is 0.0909. The Balaban J connectivity index is 1.43. The molecule has 31 heavy (non-hydrogen) atoms. The maximum Gasteiger partial charge on any atom is 0.261 e. The van der Waals surface area contributed by atoms with Crippen LogP contribution in [0, 0.1) is 25.5 Å². The Morgan fingerprint density at radius 3 is 2.26 bits per heavy atom. The summed E-state index contributed by atoms with van der Waals surface area (Å²) in [6, 6.07) is 14.8. The summed E-state index contributed by atoms with van der Waals surface area (Å²) in [5.41, 5.74) is 1.53. The number of benzene rings is 2. The number of anilines is 1. The number of aryl methyl sites for hydroxylation is 2. The first-order valence-electron chi connectivity index (χ1n) is 9.31. The SMILES string of the molecule is Cc1cc(C)n(-c2ccc(Oc3ccc(NC(=O)c4c(F)cccc4F)cc3)nn2)n1. The van der Waals surface area contributed by atoms with Gasteiger partial charge in [0.05, 0.1) is 5.69 Å². The van der Waals surface area contributed by atoms with Crippen molar-refractivity contribution in [1.29, 1.82) is 0 Å². The predicted octanol–water partition coefficient (Wildman–Crippen LogP) is 4.60. The van der Waals surface area contributed by atoms with E-state index < -0.39 is 23.1 Å². The molecule has 2 aromatic heterocycles. The molecular formula is C22H17F2N5O2. The average molecular weight is 421 g/mol. The minimum absolute atomic E-state index is 0.274. The van der Waals surface area contributed by atoms with E-state index in [0.29, 0.717) is 17.3 Å². The first kappa shape index (κ1) is 20.1. The number of nitrogens with one attached hydrogen (secondary N) is 1. The van der Waals surface area contributed by atoms with Crippen molar-refractivity contribution in [3.05, 3.63) is 89.2 Å². The third-order valence-electron chi connectivity index (χ3n) is 4.38. The van der Waals surface area contributed by atoms with Crippen LogP contribution in [0.4, 0.5) is 14.5 Å². The second-order valence-electron chi connectivity index (χ2n) is 6.75. The van der Waals surface area contributed by atoms with E-state index in [0.717, 1.165) is 23.5 Å². The standard InChI is InChI=1S/C22H17F2N5O2/c1-13-12-14(2)29(28-13)19-10-11-20(27-26-19)31-16-8-6-15(7-9-16)25-22(30)21-17(23)4-3-5-18(21)24/h3-12H,1-2H3,(H,25,30). The van der Waals surface area contributed by atoms with Crippen LogP contribution in [0.2, 0.25) is 0 Å². The lowest BCUT2D eigenvalue weighted by Gasteiger charge is -2.09. The number of nitrogens with zero attached hydrogens (tertiary/aromatic N) is 4. The number of hydrogen-bond donors (Lipinski definition) is 1. The number of carbonyl (C=O) groups excluding carboxylic acids is 1. The van der Waals surface area contributed by atoms with Crippen LogP contribution in [0.3, 0.4) is 0 Å². The van der Waals surface area contributed by atoms with Gasteiger partial charge < -0.3 is 10.1 Å². The third-order valence-corrected chi connectivity index (χ3v) is 4.38. The molecule has 0 aliphatic heterocycles. The van der Waals surface area contributed by atoms with Gasteiger partial charge in [-0.3, -0.25) is 4.79 Å². The molecule has 156 valence electrons. The monoisotopic (exact) mass is 421 g/mol. The summed E-state index contributed by atoms with van der Waals surface area (Å²) in [5.74, 6) is -1.45. The van der Waals surface area contributed by atoms with Gasteiger partial charge in [0.25, 0.3) is 5.91 Å². The molecule has 0 saturated carbocycles. The van der Waals surface area contributed by atoms with Crippen LogP contribution in [0.5, 0.6) is 11.6 Å². The number of carbonyl (C=O) groups is 1. The van der Waals surface area contributed by atoms with Crippen molar-refractivity contribution in [1.82, 2.24) is 20.0 Å². The lowest BCUT2D eigenvalue weighted by Crippen LogP contribution is -2.15. The second kappa shape index (κ2) is 8.31. The van der Waals surface area contributed by atoms with Crippen LogP contribution in [0.15, 0.2) is 60.7 Å². The topological polar surface area (TPSA) is 81.9 Å². The Bertz CT molecular complexity index is 1220. The minimum atomic E-state index is -0.931. The van der Waals surface area contributed by atoms with Crippen LogP contribution in [0.25, 0.3) is 5.82 Å². The van der Waals surface area contributed by atoms with Crippen LogP contribution < -0.4 is 10.1 Å². The first-order valence-corrected chi connectivity index (χ1v) is 9.31. The van der Waals surface area contributed by atoms with Crippen molar-refractivity contribution < 1.29 is 18.3 Å². The van der Waals surface area contributed by atoms with Crippen molar-refractivity contribution in [3.63, 3.8) is 0 Å². The van der Waals surface area contributed by atoms with Gasteiger partial charge in [0.15, 0.2) is 5.82 Å². The number of hydrogen-bond acceptors (Lipinski definition) is 5. The van der Waals surface area contributed by atoms with E-state index >= 15 is 0 Å². The summed E-state index contributed by atoms with van der Waals surface area (Å²) in [6.07, 6.45) is 0. The van der Waals surface area contributed by atoms with E-state index in [1.165, 1.54) is 6.07 Å². The predicted molar refractivity (Wildman–Crippen MR) is 109 cm³/mol. The van der Waals surface area contributed by atoms with E-state index in [-0.39, 0.29) is 5.88 Å². The molecule has 9 heteroatoms. The first-order chi connectivity index (χ1) is 14.9. The van der Waals surface area contributed by atoms with Gasteiger partial charge in [-0.2, -0.15) is 5.10 Å². The zero-order valence-electron chi connectivity index (χ0n) is 16.6. The lowest BCUT2D eigenvalue weighted by atomic mass is 10.2. The number of rotatable bonds is 5. The summed E-state index contributed by atoms with van der Waals surface area (Å²) in [5, 5.41) is 15.0. The highest BCUT2D eigenvalue weighted by Crippen LogP contribution is 2.22.